The van der Waals surface area contributed by atoms with Gasteiger partial charge in [0.05, 0.1) is 26.2 Å². The number of sulfone groups is 2. The zero-order valence-electron chi connectivity index (χ0n) is 20.7. The van der Waals surface area contributed by atoms with Crippen molar-refractivity contribution in [1.29, 1.82) is 0 Å². The Hall–Kier alpha value is -0.840. The molecule has 17 heteroatoms. The fourth-order valence-electron chi connectivity index (χ4n) is 3.87. The van der Waals surface area contributed by atoms with E-state index in [1.807, 2.05) is 20.8 Å². The molecule has 0 saturated carbocycles. The number of alkyl halides is 10. The smallest absolute Gasteiger partial charge is 0.324 e. The summed E-state index contributed by atoms with van der Waals surface area (Å²) in [7, 11) is -14.9. The van der Waals surface area contributed by atoms with Crippen LogP contribution < -0.4 is 0 Å². The van der Waals surface area contributed by atoms with Crippen LogP contribution in [-0.2, 0) is 19.7 Å². The van der Waals surface area contributed by atoms with Crippen molar-refractivity contribution in [1.82, 2.24) is 0 Å². The van der Waals surface area contributed by atoms with Crippen LogP contribution in [0, 0.1) is 0 Å². The van der Waals surface area contributed by atoms with E-state index in [1.54, 1.807) is 0 Å². The Morgan fingerprint density at radius 2 is 0.811 bits per heavy atom. The highest BCUT2D eigenvalue weighted by molar-refractivity contribution is 8.10. The summed E-state index contributed by atoms with van der Waals surface area (Å²) in [6, 6.07) is 0. The van der Waals surface area contributed by atoms with Gasteiger partial charge < -0.3 is 4.48 Å². The standard InChI is InChI=1S/C20H34F10NO4S2/c1-4-7-12-31(13-8-5-2,14-9-6-3)15-10-11-16(36(32,33)19(27,28)17(21,22)23)37(34,35)20(29,30)18(24,25)26/h16H,4-15H2,1-3H3/q+1. The van der Waals surface area contributed by atoms with Crippen molar-refractivity contribution in [3.05, 3.63) is 0 Å². The number of hydrogen-bond acceptors (Lipinski definition) is 4. The van der Waals surface area contributed by atoms with Gasteiger partial charge in [-0.3, -0.25) is 0 Å². The fraction of sp³-hybridized carbons (Fsp3) is 1.00. The molecule has 0 aromatic carbocycles. The Kier molecular flexibility index (Phi) is 12.7. The molecule has 0 unspecified atom stereocenters. The molecule has 0 fully saturated rings. The van der Waals surface area contributed by atoms with E-state index in [-0.39, 0.29) is 11.0 Å². The summed E-state index contributed by atoms with van der Waals surface area (Å²) >= 11 is 0. The van der Waals surface area contributed by atoms with Crippen LogP contribution in [0.1, 0.15) is 72.1 Å². The van der Waals surface area contributed by atoms with Crippen molar-refractivity contribution in [2.24, 2.45) is 0 Å². The second-order valence-corrected chi connectivity index (χ2v) is 13.6. The Balaban J connectivity index is 6.61. The summed E-state index contributed by atoms with van der Waals surface area (Å²) in [6.45, 7) is 6.58. The minimum atomic E-state index is -7.46. The largest absolute Gasteiger partial charge is 0.469 e. The molecule has 0 radical (unpaired) electrons. The maximum atomic E-state index is 13.8. The van der Waals surface area contributed by atoms with Crippen LogP contribution in [0.3, 0.4) is 0 Å². The van der Waals surface area contributed by atoms with Gasteiger partial charge in [-0.1, -0.05) is 40.0 Å². The van der Waals surface area contributed by atoms with Crippen LogP contribution in [0.25, 0.3) is 0 Å². The van der Waals surface area contributed by atoms with E-state index >= 15 is 0 Å². The second kappa shape index (κ2) is 13.0. The summed E-state index contributed by atoms with van der Waals surface area (Å²) < 4.78 is 176. The number of rotatable bonds is 17. The molecule has 37 heavy (non-hydrogen) atoms. The van der Waals surface area contributed by atoms with Crippen molar-refractivity contribution in [3.8, 4) is 0 Å². The highest BCUT2D eigenvalue weighted by Crippen LogP contribution is 2.48. The molecule has 0 aliphatic heterocycles. The SMILES string of the molecule is CCCC[N+](CCCC)(CCCC)CCCC(S(=O)(=O)C(F)(F)C(F)(F)F)S(=O)(=O)C(F)(F)C(F)(F)F. The van der Waals surface area contributed by atoms with Crippen molar-refractivity contribution in [2.45, 2.75) is 99.6 Å². The van der Waals surface area contributed by atoms with Gasteiger partial charge >= 0.3 is 22.9 Å². The Morgan fingerprint density at radius 3 is 1.05 bits per heavy atom. The minimum Gasteiger partial charge on any atom is -0.324 e. The fourth-order valence-corrected chi connectivity index (χ4v) is 8.19. The number of quaternary nitrogens is 1. The first kappa shape index (κ1) is 36.2. The first-order valence-corrected chi connectivity index (χ1v) is 14.8. The third-order valence-corrected chi connectivity index (χ3v) is 11.4. The normalized spacial score (nSPS) is 15.0. The highest BCUT2D eigenvalue weighted by Gasteiger charge is 2.76. The van der Waals surface area contributed by atoms with Gasteiger partial charge in [-0.25, -0.2) is 16.8 Å². The van der Waals surface area contributed by atoms with E-state index in [9.17, 15) is 60.7 Å². The molecule has 0 atom stereocenters. The average Bonchev–Trinajstić information content (AvgIpc) is 2.75. The molecule has 0 rings (SSSR count). The maximum Gasteiger partial charge on any atom is 0.469 e. The predicted octanol–water partition coefficient (Wildman–Crippen LogP) is 6.45. The van der Waals surface area contributed by atoms with Crippen LogP contribution in [-0.4, -0.2) is 74.9 Å². The van der Waals surface area contributed by atoms with Gasteiger partial charge in [0.25, 0.3) is 0 Å². The average molecular weight is 607 g/mol. The van der Waals surface area contributed by atoms with Gasteiger partial charge in [0.2, 0.25) is 19.7 Å². The molecular formula is C20H34F10NO4S2+. The first-order valence-electron chi connectivity index (χ1n) is 11.7. The van der Waals surface area contributed by atoms with Gasteiger partial charge in [-0.05, 0) is 32.1 Å². The second-order valence-electron chi connectivity index (χ2n) is 8.99. The van der Waals surface area contributed by atoms with E-state index in [0.717, 1.165) is 0 Å². The maximum absolute atomic E-state index is 13.8. The molecule has 0 saturated heterocycles. The monoisotopic (exact) mass is 606 g/mol. The number of halogens is 10. The van der Waals surface area contributed by atoms with Crippen LogP contribution in [0.15, 0.2) is 0 Å². The van der Waals surface area contributed by atoms with Crippen molar-refractivity contribution < 1.29 is 65.2 Å². The van der Waals surface area contributed by atoms with Crippen molar-refractivity contribution in [2.75, 3.05) is 26.2 Å². The molecule has 0 aromatic rings. The van der Waals surface area contributed by atoms with E-state index in [4.69, 9.17) is 0 Å². The van der Waals surface area contributed by atoms with E-state index in [0.29, 0.717) is 58.2 Å². The zero-order valence-corrected chi connectivity index (χ0v) is 22.4. The Labute approximate surface area is 211 Å². The Bertz CT molecular complexity index is 839. The first-order chi connectivity index (χ1) is 16.5. The quantitative estimate of drug-likeness (QED) is 0.141. The molecule has 0 heterocycles. The molecule has 0 aliphatic rings. The molecule has 0 amide bonds. The lowest BCUT2D eigenvalue weighted by Crippen LogP contribution is -2.56. The molecule has 224 valence electrons. The number of unbranched alkanes of at least 4 members (excludes halogenated alkanes) is 3. The molecule has 0 N–H and O–H groups in total. The van der Waals surface area contributed by atoms with Crippen molar-refractivity contribution in [3.63, 3.8) is 0 Å². The highest BCUT2D eigenvalue weighted by atomic mass is 32.3. The summed E-state index contributed by atoms with van der Waals surface area (Å²) in [6.07, 6.45) is -12.7. The molecule has 5 nitrogen and oxygen atoms in total. The lowest BCUT2D eigenvalue weighted by molar-refractivity contribution is -0.929. The van der Waals surface area contributed by atoms with Gasteiger partial charge in [-0.15, -0.1) is 0 Å². The lowest BCUT2D eigenvalue weighted by Gasteiger charge is -2.40. The predicted molar refractivity (Wildman–Crippen MR) is 117 cm³/mol. The van der Waals surface area contributed by atoms with Crippen LogP contribution >= 0.6 is 0 Å². The van der Waals surface area contributed by atoms with E-state index in [2.05, 4.69) is 0 Å². The van der Waals surface area contributed by atoms with Crippen LogP contribution in [0.2, 0.25) is 0 Å². The third-order valence-electron chi connectivity index (χ3n) is 6.10. The molecule has 0 spiro atoms. The Morgan fingerprint density at radius 1 is 0.541 bits per heavy atom. The van der Waals surface area contributed by atoms with Gasteiger partial charge in [0, 0.05) is 0 Å². The van der Waals surface area contributed by atoms with E-state index in [1.165, 1.54) is 0 Å². The molecule has 0 aromatic heterocycles. The van der Waals surface area contributed by atoms with Gasteiger partial charge in [-0.2, -0.15) is 43.9 Å². The molecular weight excluding hydrogens is 572 g/mol. The molecule has 0 bridgehead atoms. The van der Waals surface area contributed by atoms with Crippen LogP contribution in [0.4, 0.5) is 43.9 Å². The molecule has 0 aliphatic carbocycles. The summed E-state index contributed by atoms with van der Waals surface area (Å²) in [5, 5.41) is -13.8. The topological polar surface area (TPSA) is 68.3 Å². The third kappa shape index (κ3) is 8.08. The lowest BCUT2D eigenvalue weighted by atomic mass is 10.1. The number of hydrogen-bond donors (Lipinski definition) is 0. The summed E-state index contributed by atoms with van der Waals surface area (Å²) in [4.78, 5) is 0. The number of nitrogens with zero attached hydrogens (tertiary/aromatic N) is 1. The minimum absolute atomic E-state index is 0.160. The summed E-state index contributed by atoms with van der Waals surface area (Å²) in [5.41, 5.74) is 0. The van der Waals surface area contributed by atoms with Crippen LogP contribution in [0.5, 0.6) is 0 Å². The van der Waals surface area contributed by atoms with Gasteiger partial charge in [0.15, 0.2) is 4.58 Å². The zero-order chi connectivity index (χ0) is 29.6. The summed E-state index contributed by atoms with van der Waals surface area (Å²) in [5.74, 6) is 0. The van der Waals surface area contributed by atoms with E-state index < -0.39 is 60.0 Å². The van der Waals surface area contributed by atoms with Crippen molar-refractivity contribution >= 4 is 19.7 Å². The van der Waals surface area contributed by atoms with Gasteiger partial charge in [0.1, 0.15) is 0 Å².